The monoisotopic (exact) mass is 332 g/mol. The van der Waals surface area contributed by atoms with E-state index >= 15 is 0 Å². The van der Waals surface area contributed by atoms with Crippen LogP contribution < -0.4 is 15.2 Å². The first kappa shape index (κ1) is 14.2. The minimum atomic E-state index is 0.363. The molecule has 2 rings (SSSR count). The number of hydrogen-bond donors (Lipinski definition) is 1. The van der Waals surface area contributed by atoms with Gasteiger partial charge in [0.2, 0.25) is 0 Å². The zero-order valence-electron chi connectivity index (χ0n) is 10.9. The zero-order valence-corrected chi connectivity index (χ0v) is 12.5. The normalized spacial score (nSPS) is 9.85. The van der Waals surface area contributed by atoms with Crippen molar-refractivity contribution in [3.63, 3.8) is 0 Å². The van der Waals surface area contributed by atoms with Crippen LogP contribution in [0.2, 0.25) is 0 Å². The quantitative estimate of drug-likeness (QED) is 0.870. The number of nitrogens with two attached hydrogens (primary N) is 1. The van der Waals surface area contributed by atoms with Crippen LogP contribution in [0, 0.1) is 11.3 Å². The molecule has 2 N–H and O–H groups in total. The van der Waals surface area contributed by atoms with Crippen LogP contribution in [-0.2, 0) is 6.61 Å². The van der Waals surface area contributed by atoms with Gasteiger partial charge >= 0.3 is 0 Å². The smallest absolute Gasteiger partial charge is 0.124 e. The third-order valence-corrected chi connectivity index (χ3v) is 3.09. The second kappa shape index (κ2) is 6.31. The second-order valence-electron chi connectivity index (χ2n) is 4.19. The molecular weight excluding hydrogens is 320 g/mol. The van der Waals surface area contributed by atoms with Crippen molar-refractivity contribution in [1.29, 1.82) is 5.26 Å². The molecule has 0 aliphatic rings. The van der Waals surface area contributed by atoms with Gasteiger partial charge in [-0.25, -0.2) is 0 Å². The summed E-state index contributed by atoms with van der Waals surface area (Å²) in [6, 6.07) is 12.7. The van der Waals surface area contributed by atoms with Gasteiger partial charge < -0.3 is 15.2 Å². The summed E-state index contributed by atoms with van der Waals surface area (Å²) in [7, 11) is 1.55. The topological polar surface area (TPSA) is 68.3 Å². The van der Waals surface area contributed by atoms with E-state index in [0.29, 0.717) is 29.4 Å². The highest BCUT2D eigenvalue weighted by Gasteiger charge is 2.04. The maximum atomic E-state index is 8.96. The molecule has 0 aliphatic carbocycles. The molecule has 0 aliphatic heterocycles. The van der Waals surface area contributed by atoms with E-state index in [-0.39, 0.29) is 0 Å². The van der Waals surface area contributed by atoms with E-state index in [9.17, 15) is 0 Å². The first-order valence-corrected chi connectivity index (χ1v) is 6.67. The molecule has 0 radical (unpaired) electrons. The van der Waals surface area contributed by atoms with Crippen LogP contribution in [0.25, 0.3) is 0 Å². The summed E-state index contributed by atoms with van der Waals surface area (Å²) in [5.41, 5.74) is 7.88. The lowest BCUT2D eigenvalue weighted by molar-refractivity contribution is 0.303. The van der Waals surface area contributed by atoms with Crippen molar-refractivity contribution < 1.29 is 9.47 Å². The Morgan fingerprint density at radius 1 is 1.15 bits per heavy atom. The number of methoxy groups -OCH3 is 1. The standard InChI is InChI=1S/C15H13BrN2O2/c1-19-14-4-10(8-17)5-15(7-14)20-9-11-2-12(16)6-13(18)3-11/h2-7H,9,18H2,1H3. The number of benzene rings is 2. The Labute approximate surface area is 125 Å². The molecule has 0 saturated heterocycles. The fourth-order valence-corrected chi connectivity index (χ4v) is 2.32. The summed E-state index contributed by atoms with van der Waals surface area (Å²) in [5, 5.41) is 8.96. The van der Waals surface area contributed by atoms with Crippen molar-refractivity contribution in [2.45, 2.75) is 6.61 Å². The molecule has 0 saturated carbocycles. The fraction of sp³-hybridized carbons (Fsp3) is 0.133. The number of anilines is 1. The highest BCUT2D eigenvalue weighted by Crippen LogP contribution is 2.24. The number of rotatable bonds is 4. The van der Waals surface area contributed by atoms with Crippen molar-refractivity contribution in [2.24, 2.45) is 0 Å². The molecule has 0 aromatic heterocycles. The zero-order chi connectivity index (χ0) is 14.5. The van der Waals surface area contributed by atoms with Gasteiger partial charge in [0.25, 0.3) is 0 Å². The lowest BCUT2D eigenvalue weighted by Crippen LogP contribution is -1.98. The van der Waals surface area contributed by atoms with Crippen LogP contribution in [0.3, 0.4) is 0 Å². The summed E-state index contributed by atoms with van der Waals surface area (Å²) in [4.78, 5) is 0. The van der Waals surface area contributed by atoms with Gasteiger partial charge in [-0.15, -0.1) is 0 Å². The van der Waals surface area contributed by atoms with Gasteiger partial charge in [0.1, 0.15) is 18.1 Å². The summed E-state index contributed by atoms with van der Waals surface area (Å²) in [6.45, 7) is 0.363. The maximum Gasteiger partial charge on any atom is 0.124 e. The van der Waals surface area contributed by atoms with Crippen LogP contribution in [0.4, 0.5) is 5.69 Å². The molecule has 0 fully saturated rings. The van der Waals surface area contributed by atoms with Crippen LogP contribution in [0.5, 0.6) is 11.5 Å². The molecule has 2 aromatic carbocycles. The molecule has 20 heavy (non-hydrogen) atoms. The molecule has 0 spiro atoms. The third-order valence-electron chi connectivity index (χ3n) is 2.63. The molecular formula is C15H13BrN2O2. The first-order valence-electron chi connectivity index (χ1n) is 5.87. The largest absolute Gasteiger partial charge is 0.497 e. The summed E-state index contributed by atoms with van der Waals surface area (Å²) in [6.07, 6.45) is 0. The predicted molar refractivity (Wildman–Crippen MR) is 80.6 cm³/mol. The van der Waals surface area contributed by atoms with Crippen LogP contribution in [0.1, 0.15) is 11.1 Å². The third kappa shape index (κ3) is 3.65. The van der Waals surface area contributed by atoms with E-state index in [2.05, 4.69) is 22.0 Å². The number of ether oxygens (including phenoxy) is 2. The fourth-order valence-electron chi connectivity index (χ4n) is 1.76. The highest BCUT2D eigenvalue weighted by molar-refractivity contribution is 9.10. The number of halogens is 1. The van der Waals surface area contributed by atoms with Gasteiger partial charge in [-0.1, -0.05) is 15.9 Å². The van der Waals surface area contributed by atoms with Gasteiger partial charge in [-0.3, -0.25) is 0 Å². The molecule has 0 heterocycles. The Morgan fingerprint density at radius 2 is 1.90 bits per heavy atom. The Bertz CT molecular complexity index is 645. The average Bonchev–Trinajstić information content (AvgIpc) is 2.43. The maximum absolute atomic E-state index is 8.96. The molecule has 0 unspecified atom stereocenters. The minimum absolute atomic E-state index is 0.363. The first-order chi connectivity index (χ1) is 9.60. The number of nitriles is 1. The number of nitrogen functional groups attached to an aromatic ring is 1. The van der Waals surface area contributed by atoms with Gasteiger partial charge in [0.05, 0.1) is 18.7 Å². The minimum Gasteiger partial charge on any atom is -0.497 e. The molecule has 102 valence electrons. The van der Waals surface area contributed by atoms with E-state index in [4.69, 9.17) is 20.5 Å². The molecule has 0 bridgehead atoms. The van der Waals surface area contributed by atoms with Crippen molar-refractivity contribution in [3.8, 4) is 17.6 Å². The van der Waals surface area contributed by atoms with Gasteiger partial charge in [-0.2, -0.15) is 5.26 Å². The van der Waals surface area contributed by atoms with Crippen molar-refractivity contribution in [3.05, 3.63) is 52.0 Å². The van der Waals surface area contributed by atoms with E-state index in [1.165, 1.54) is 0 Å². The Morgan fingerprint density at radius 3 is 2.55 bits per heavy atom. The van der Waals surface area contributed by atoms with Gasteiger partial charge in [0.15, 0.2) is 0 Å². The van der Waals surface area contributed by atoms with E-state index in [0.717, 1.165) is 10.0 Å². The predicted octanol–water partition coefficient (Wildman–Crippen LogP) is 3.49. The lowest BCUT2D eigenvalue weighted by atomic mass is 10.2. The lowest BCUT2D eigenvalue weighted by Gasteiger charge is -2.09. The molecule has 5 heteroatoms. The molecule has 0 amide bonds. The molecule has 0 atom stereocenters. The summed E-state index contributed by atoms with van der Waals surface area (Å²) < 4.78 is 11.7. The van der Waals surface area contributed by atoms with Crippen LogP contribution in [0.15, 0.2) is 40.9 Å². The molecule has 4 nitrogen and oxygen atoms in total. The van der Waals surface area contributed by atoms with E-state index < -0.39 is 0 Å². The van der Waals surface area contributed by atoms with Crippen molar-refractivity contribution in [2.75, 3.05) is 12.8 Å². The van der Waals surface area contributed by atoms with Crippen molar-refractivity contribution in [1.82, 2.24) is 0 Å². The Hall–Kier alpha value is -2.19. The number of hydrogen-bond acceptors (Lipinski definition) is 4. The Balaban J connectivity index is 2.16. The second-order valence-corrected chi connectivity index (χ2v) is 5.11. The SMILES string of the molecule is COc1cc(C#N)cc(OCc2cc(N)cc(Br)c2)c1. The van der Waals surface area contributed by atoms with Crippen LogP contribution >= 0.6 is 15.9 Å². The summed E-state index contributed by atoms with van der Waals surface area (Å²) in [5.74, 6) is 1.17. The Kier molecular flexibility index (Phi) is 4.49. The van der Waals surface area contributed by atoms with Crippen molar-refractivity contribution >= 4 is 21.6 Å². The van der Waals surface area contributed by atoms with E-state index in [1.807, 2.05) is 18.2 Å². The average molecular weight is 333 g/mol. The number of nitrogens with zero attached hydrogens (tertiary/aromatic N) is 1. The van der Waals surface area contributed by atoms with E-state index in [1.54, 1.807) is 25.3 Å². The van der Waals surface area contributed by atoms with Gasteiger partial charge in [-0.05, 0) is 35.9 Å². The highest BCUT2D eigenvalue weighted by atomic mass is 79.9. The van der Waals surface area contributed by atoms with Crippen LogP contribution in [-0.4, -0.2) is 7.11 Å². The van der Waals surface area contributed by atoms with Gasteiger partial charge in [0, 0.05) is 16.2 Å². The molecule has 2 aromatic rings. The summed E-state index contributed by atoms with van der Waals surface area (Å²) >= 11 is 3.39.